The number of hydrogen-bond acceptors (Lipinski definition) is 4. The highest BCUT2D eigenvalue weighted by molar-refractivity contribution is 5.86. The Labute approximate surface area is 222 Å². The monoisotopic (exact) mass is 505 g/mol. The molecule has 6 nitrogen and oxygen atoms in total. The summed E-state index contributed by atoms with van der Waals surface area (Å²) in [7, 11) is 0. The lowest BCUT2D eigenvalue weighted by Gasteiger charge is -2.50. The van der Waals surface area contributed by atoms with Gasteiger partial charge in [0.05, 0.1) is 0 Å². The van der Waals surface area contributed by atoms with Crippen LogP contribution in [0.2, 0.25) is 0 Å². The quantitative estimate of drug-likeness (QED) is 0.517. The van der Waals surface area contributed by atoms with Gasteiger partial charge in [0, 0.05) is 18.0 Å². The summed E-state index contributed by atoms with van der Waals surface area (Å²) < 4.78 is 5.45. The molecule has 0 bridgehead atoms. The molecule has 6 heteroatoms. The van der Waals surface area contributed by atoms with Gasteiger partial charge in [-0.15, -0.1) is 0 Å². The second-order valence-corrected chi connectivity index (χ2v) is 11.6. The zero-order valence-electron chi connectivity index (χ0n) is 22.7. The van der Waals surface area contributed by atoms with Gasteiger partial charge in [-0.3, -0.25) is 9.69 Å². The number of piperidine rings is 1. The zero-order valence-corrected chi connectivity index (χ0v) is 22.7. The van der Waals surface area contributed by atoms with Gasteiger partial charge in [-0.2, -0.15) is 0 Å². The van der Waals surface area contributed by atoms with Crippen molar-refractivity contribution in [1.29, 1.82) is 0 Å². The van der Waals surface area contributed by atoms with Crippen LogP contribution in [0.5, 0.6) is 0 Å². The molecule has 0 radical (unpaired) electrons. The van der Waals surface area contributed by atoms with E-state index in [0.29, 0.717) is 6.42 Å². The van der Waals surface area contributed by atoms with E-state index in [-0.39, 0.29) is 17.5 Å². The predicted molar refractivity (Wildman–Crippen MR) is 147 cm³/mol. The Bertz CT molecular complexity index is 1000. The third kappa shape index (κ3) is 7.35. The SMILES string of the molecule is CC(C)(C)OC(=O)NC(Cc1ccccc1)C(=O)NC1CCC(c2ccccc2)(N2CCCCC2)CC1. The van der Waals surface area contributed by atoms with E-state index >= 15 is 0 Å². The van der Waals surface area contributed by atoms with Crippen LogP contribution in [0.1, 0.15) is 76.8 Å². The summed E-state index contributed by atoms with van der Waals surface area (Å²) in [5.41, 5.74) is 1.81. The molecule has 2 N–H and O–H groups in total. The fourth-order valence-corrected chi connectivity index (χ4v) is 5.91. The molecule has 2 aromatic rings. The number of amides is 2. The molecule has 1 aliphatic heterocycles. The minimum atomic E-state index is -0.694. The van der Waals surface area contributed by atoms with Gasteiger partial charge >= 0.3 is 6.09 Å². The van der Waals surface area contributed by atoms with E-state index in [1.54, 1.807) is 0 Å². The van der Waals surface area contributed by atoms with E-state index in [4.69, 9.17) is 4.74 Å². The van der Waals surface area contributed by atoms with Crippen LogP contribution in [0.3, 0.4) is 0 Å². The third-order valence-corrected chi connectivity index (χ3v) is 7.72. The van der Waals surface area contributed by atoms with E-state index in [1.165, 1.54) is 24.8 Å². The van der Waals surface area contributed by atoms with Gasteiger partial charge in [0.2, 0.25) is 5.91 Å². The standard InChI is InChI=1S/C31H43N3O3/c1-30(2,3)37-29(36)33-27(23-24-13-7-4-8-14-24)28(35)32-26-17-19-31(20-18-26,25-15-9-5-10-16-25)34-21-11-6-12-22-34/h4-5,7-10,13-16,26-27H,6,11-12,17-23H2,1-3H3,(H,32,35)(H,33,36). The number of hydrogen-bond donors (Lipinski definition) is 2. The Hall–Kier alpha value is -2.86. The molecule has 2 aromatic carbocycles. The summed E-state index contributed by atoms with van der Waals surface area (Å²) in [5, 5.41) is 6.10. The Morgan fingerprint density at radius 1 is 0.946 bits per heavy atom. The van der Waals surface area contributed by atoms with E-state index in [9.17, 15) is 9.59 Å². The van der Waals surface area contributed by atoms with Crippen LogP contribution in [0.4, 0.5) is 4.79 Å². The van der Waals surface area contributed by atoms with Crippen molar-refractivity contribution >= 4 is 12.0 Å². The highest BCUT2D eigenvalue weighted by Gasteiger charge is 2.42. The van der Waals surface area contributed by atoms with E-state index in [2.05, 4.69) is 45.9 Å². The molecule has 2 amide bonds. The number of benzene rings is 2. The number of alkyl carbamates (subject to hydrolysis) is 1. The lowest BCUT2D eigenvalue weighted by Crippen LogP contribution is -2.55. The molecule has 200 valence electrons. The van der Waals surface area contributed by atoms with Gasteiger partial charge in [-0.1, -0.05) is 67.1 Å². The lowest BCUT2D eigenvalue weighted by atomic mass is 9.73. The molecule has 0 spiro atoms. The first kappa shape index (κ1) is 27.2. The Morgan fingerprint density at radius 3 is 2.14 bits per heavy atom. The molecule has 1 unspecified atom stereocenters. The molecular formula is C31H43N3O3. The van der Waals surface area contributed by atoms with Crippen molar-refractivity contribution in [3.8, 4) is 0 Å². The number of carbonyl (C=O) groups is 2. The van der Waals surface area contributed by atoms with Crippen molar-refractivity contribution in [1.82, 2.24) is 15.5 Å². The smallest absolute Gasteiger partial charge is 0.408 e. The zero-order chi connectivity index (χ0) is 26.3. The summed E-state index contributed by atoms with van der Waals surface area (Å²) in [5.74, 6) is -0.148. The number of nitrogens with one attached hydrogen (secondary N) is 2. The van der Waals surface area contributed by atoms with Crippen molar-refractivity contribution in [2.24, 2.45) is 0 Å². The van der Waals surface area contributed by atoms with E-state index in [0.717, 1.165) is 44.3 Å². The largest absolute Gasteiger partial charge is 0.444 e. The van der Waals surface area contributed by atoms with Gasteiger partial charge in [-0.25, -0.2) is 4.79 Å². The van der Waals surface area contributed by atoms with E-state index < -0.39 is 17.7 Å². The Morgan fingerprint density at radius 2 is 1.54 bits per heavy atom. The first-order chi connectivity index (χ1) is 17.7. The minimum absolute atomic E-state index is 0.0428. The maximum atomic E-state index is 13.5. The number of carbonyl (C=O) groups excluding carboxylic acids is 2. The number of rotatable bonds is 7. The van der Waals surface area contributed by atoms with Crippen molar-refractivity contribution in [3.63, 3.8) is 0 Å². The fraction of sp³-hybridized carbons (Fsp3) is 0.548. The van der Waals surface area contributed by atoms with Crippen molar-refractivity contribution in [3.05, 3.63) is 71.8 Å². The summed E-state index contributed by atoms with van der Waals surface area (Å²) >= 11 is 0. The first-order valence-corrected chi connectivity index (χ1v) is 13.9. The maximum Gasteiger partial charge on any atom is 0.408 e. The molecule has 0 aromatic heterocycles. The summed E-state index contributed by atoms with van der Waals surface area (Å²) in [6.45, 7) is 7.75. The average molecular weight is 506 g/mol. The highest BCUT2D eigenvalue weighted by Crippen LogP contribution is 2.43. The summed E-state index contributed by atoms with van der Waals surface area (Å²) in [6.07, 6.45) is 7.55. The molecular weight excluding hydrogens is 462 g/mol. The van der Waals surface area contributed by atoms with Crippen LogP contribution in [0, 0.1) is 0 Å². The maximum absolute atomic E-state index is 13.5. The molecule has 1 heterocycles. The third-order valence-electron chi connectivity index (χ3n) is 7.72. The van der Waals surface area contributed by atoms with E-state index in [1.807, 2.05) is 51.1 Å². The molecule has 1 saturated heterocycles. The van der Waals surface area contributed by atoms with Crippen LogP contribution < -0.4 is 10.6 Å². The molecule has 1 atom stereocenters. The number of ether oxygens (including phenoxy) is 1. The molecule has 37 heavy (non-hydrogen) atoms. The Kier molecular flexibility index (Phi) is 8.91. The molecule has 1 saturated carbocycles. The number of nitrogens with zero attached hydrogens (tertiary/aromatic N) is 1. The van der Waals surface area contributed by atoms with Gasteiger partial charge in [0.25, 0.3) is 0 Å². The molecule has 1 aliphatic carbocycles. The molecule has 2 fully saturated rings. The highest BCUT2D eigenvalue weighted by atomic mass is 16.6. The van der Waals surface area contributed by atoms with Crippen LogP contribution in [0.25, 0.3) is 0 Å². The van der Waals surface area contributed by atoms with Crippen molar-refractivity contribution in [2.75, 3.05) is 13.1 Å². The van der Waals surface area contributed by atoms with Crippen molar-refractivity contribution in [2.45, 2.75) is 95.4 Å². The molecule has 2 aliphatic rings. The summed E-state index contributed by atoms with van der Waals surface area (Å²) in [4.78, 5) is 28.7. The topological polar surface area (TPSA) is 70.7 Å². The average Bonchev–Trinajstić information content (AvgIpc) is 2.89. The Balaban J connectivity index is 1.43. The van der Waals surface area contributed by atoms with Crippen molar-refractivity contribution < 1.29 is 14.3 Å². The normalized spacial score (nSPS) is 23.6. The predicted octanol–water partition coefficient (Wildman–Crippen LogP) is 5.56. The number of likely N-dealkylation sites (tertiary alicyclic amines) is 1. The van der Waals surface area contributed by atoms with Crippen LogP contribution >= 0.6 is 0 Å². The second kappa shape index (κ2) is 12.1. The fourth-order valence-electron chi connectivity index (χ4n) is 5.91. The van der Waals surface area contributed by atoms with Gasteiger partial charge in [0.15, 0.2) is 0 Å². The van der Waals surface area contributed by atoms with Crippen LogP contribution in [-0.2, 0) is 21.5 Å². The lowest BCUT2D eigenvalue weighted by molar-refractivity contribution is -0.124. The molecule has 4 rings (SSSR count). The minimum Gasteiger partial charge on any atom is -0.444 e. The van der Waals surface area contributed by atoms with Gasteiger partial charge in [0.1, 0.15) is 11.6 Å². The summed E-state index contributed by atoms with van der Waals surface area (Å²) in [6, 6.07) is 20.1. The van der Waals surface area contributed by atoms with Crippen LogP contribution in [0.15, 0.2) is 60.7 Å². The first-order valence-electron chi connectivity index (χ1n) is 13.9. The van der Waals surface area contributed by atoms with Gasteiger partial charge in [-0.05, 0) is 83.5 Å². The van der Waals surface area contributed by atoms with Gasteiger partial charge < -0.3 is 15.4 Å². The second-order valence-electron chi connectivity index (χ2n) is 11.6. The van der Waals surface area contributed by atoms with Crippen LogP contribution in [-0.4, -0.2) is 47.7 Å².